The molecule has 0 aromatic heterocycles. The van der Waals surface area contributed by atoms with Crippen LogP contribution in [-0.2, 0) is 30.6 Å². The van der Waals surface area contributed by atoms with Gasteiger partial charge in [0.2, 0.25) is 0 Å². The molecule has 0 aliphatic heterocycles. The molecule has 0 rings (SSSR count). The van der Waals surface area contributed by atoms with Gasteiger partial charge in [-0.3, -0.25) is 0 Å². The van der Waals surface area contributed by atoms with Crippen molar-refractivity contribution in [2.75, 3.05) is 0 Å². The van der Waals surface area contributed by atoms with Gasteiger partial charge in [0.15, 0.2) is 0 Å². The zero-order valence-electron chi connectivity index (χ0n) is 3.49. The monoisotopic (exact) mass is 276 g/mol. The summed E-state index contributed by atoms with van der Waals surface area (Å²) in [4.78, 5) is 0. The van der Waals surface area contributed by atoms with E-state index in [1.807, 2.05) is 0 Å². The van der Waals surface area contributed by atoms with E-state index in [2.05, 4.69) is 0 Å². The summed E-state index contributed by atoms with van der Waals surface area (Å²) >= 11 is -8.60. The van der Waals surface area contributed by atoms with Crippen molar-refractivity contribution in [3.63, 3.8) is 0 Å². The van der Waals surface area contributed by atoms with Crippen molar-refractivity contribution in [1.29, 1.82) is 0 Å². The molecule has 0 saturated heterocycles. The standard InChI is InChI=1S/CH3.5O.Ta/h1H3;;;;;;. The van der Waals surface area contributed by atoms with Crippen LogP contribution in [0.2, 0.25) is 5.14 Å². The van der Waals surface area contributed by atoms with Crippen LogP contribution in [-0.4, -0.2) is 0 Å². The fourth-order valence-corrected chi connectivity index (χ4v) is 0. The topological polar surface area (TPSA) is 85.3 Å². The van der Waals surface area contributed by atoms with Gasteiger partial charge in [0.1, 0.15) is 0 Å². The molecule has 0 spiro atoms. The summed E-state index contributed by atoms with van der Waals surface area (Å²) in [6.45, 7) is 0. The van der Waals surface area contributed by atoms with Crippen LogP contribution in [0.5, 0.6) is 0 Å². The van der Waals surface area contributed by atoms with E-state index >= 15 is 0 Å². The average Bonchev–Trinajstić information content (AvgIpc) is 0.592. The van der Waals surface area contributed by atoms with E-state index in [0.717, 1.165) is 0 Å². The van der Waals surface area contributed by atoms with Crippen LogP contribution < -0.4 is 0 Å². The Morgan fingerprint density at radius 1 is 0.857 bits per heavy atom. The van der Waals surface area contributed by atoms with Crippen molar-refractivity contribution in [1.82, 2.24) is 0 Å². The molecule has 0 saturated carbocycles. The van der Waals surface area contributed by atoms with E-state index in [4.69, 9.17) is 0 Å². The molecule has 0 aromatic rings. The summed E-state index contributed by atoms with van der Waals surface area (Å²) in [6, 6.07) is 0. The van der Waals surface area contributed by atoms with Crippen LogP contribution in [0.25, 0.3) is 0 Å². The summed E-state index contributed by atoms with van der Waals surface area (Å²) < 4.78 is 46.2. The molecule has 6 heteroatoms. The maximum atomic E-state index is 9.24. The van der Waals surface area contributed by atoms with Gasteiger partial charge in [-0.15, -0.1) is 0 Å². The Labute approximate surface area is 36.4 Å². The van der Waals surface area contributed by atoms with Crippen molar-refractivity contribution >= 4 is 0 Å². The predicted octanol–water partition coefficient (Wildman–Crippen LogP) is -0.0127. The molecule has 0 unspecified atom stereocenters. The third-order valence-electron chi connectivity index (χ3n) is 0. The Morgan fingerprint density at radius 2 is 0.857 bits per heavy atom. The zero-order valence-corrected chi connectivity index (χ0v) is 6.70. The number of hydrogen-bond donors (Lipinski definition) is 0. The second-order valence-corrected chi connectivity index (χ2v) is 13.6. The number of hydrogen-bond acceptors (Lipinski definition) is 5. The first-order valence-electron chi connectivity index (χ1n) is 1.36. The van der Waals surface area contributed by atoms with Crippen molar-refractivity contribution in [2.45, 2.75) is 5.14 Å². The van der Waals surface area contributed by atoms with Crippen molar-refractivity contribution in [3.05, 3.63) is 0 Å². The normalized spacial score (nSPS) is 12.1. The second kappa shape index (κ2) is 0.594. The molecule has 0 fully saturated rings. The van der Waals surface area contributed by atoms with Crippen molar-refractivity contribution in [2.24, 2.45) is 0 Å². The Kier molecular flexibility index (Phi) is 0.572. The Balaban J connectivity index is 7.65. The predicted molar refractivity (Wildman–Crippen MR) is 9.30 cm³/mol. The van der Waals surface area contributed by atoms with E-state index in [-0.39, 0.29) is 5.14 Å². The Morgan fingerprint density at radius 3 is 0.857 bits per heavy atom. The van der Waals surface area contributed by atoms with E-state index in [1.165, 1.54) is 0 Å². The van der Waals surface area contributed by atoms with Crippen LogP contribution >= 0.6 is 0 Å². The Hall–Kier alpha value is -0.260. The van der Waals surface area contributed by atoms with Gasteiger partial charge >= 0.3 is 35.8 Å². The van der Waals surface area contributed by atoms with Gasteiger partial charge in [0.05, 0.1) is 0 Å². The molecule has 0 radical (unpaired) electrons. The van der Waals surface area contributed by atoms with Gasteiger partial charge in [-0.05, 0) is 0 Å². The summed E-state index contributed by atoms with van der Waals surface area (Å²) in [7, 11) is 0. The fraction of sp³-hybridized carbons (Fsp3) is 1.00. The first-order valence-corrected chi connectivity index (χ1v) is 11.1. The molecule has 0 N–H and O–H groups in total. The summed E-state index contributed by atoms with van der Waals surface area (Å²) in [5.41, 5.74) is 0. The molecule has 5 nitrogen and oxygen atoms in total. The summed E-state index contributed by atoms with van der Waals surface area (Å²) in [5.74, 6) is 0. The van der Waals surface area contributed by atoms with E-state index in [9.17, 15) is 16.3 Å². The first kappa shape index (κ1) is 6.74. The van der Waals surface area contributed by atoms with Crippen LogP contribution in [0, 0.1) is 0 Å². The molecule has 0 aliphatic rings. The van der Waals surface area contributed by atoms with Crippen molar-refractivity contribution < 1.29 is 30.6 Å². The van der Waals surface area contributed by atoms with Gasteiger partial charge in [-0.1, -0.05) is 0 Å². The first-order chi connectivity index (χ1) is 2.45. The molecule has 0 aliphatic carbocycles. The molecular weight excluding hydrogens is 273 g/mol. The molecule has 0 heterocycles. The quantitative estimate of drug-likeness (QED) is 0.621. The van der Waals surface area contributed by atoms with Gasteiger partial charge in [-0.2, -0.15) is 0 Å². The third-order valence-corrected chi connectivity index (χ3v) is 0. The van der Waals surface area contributed by atoms with Crippen LogP contribution in [0.15, 0.2) is 0 Å². The maximum absolute atomic E-state index is 9.24. The SMILES string of the molecule is [CH3][Ta](=[O])(=[O])(=[O])(=[O])=[O]. The molecular formula is CH3O5Ta. The summed E-state index contributed by atoms with van der Waals surface area (Å²) in [6.07, 6.45) is 0. The zero-order chi connectivity index (χ0) is 6.41. The second-order valence-electron chi connectivity index (χ2n) is 1.66. The van der Waals surface area contributed by atoms with E-state index in [1.54, 1.807) is 0 Å². The minimum absolute atomic E-state index is 0.343. The number of rotatable bonds is 0. The molecule has 0 aromatic carbocycles. The molecule has 0 bridgehead atoms. The molecule has 0 atom stereocenters. The van der Waals surface area contributed by atoms with Crippen LogP contribution in [0.3, 0.4) is 0 Å². The fourth-order valence-electron chi connectivity index (χ4n) is 0. The average molecular weight is 276 g/mol. The van der Waals surface area contributed by atoms with Gasteiger partial charge in [-0.25, -0.2) is 0 Å². The summed E-state index contributed by atoms with van der Waals surface area (Å²) in [5, 5.41) is -0.343. The molecule has 7 heavy (non-hydrogen) atoms. The van der Waals surface area contributed by atoms with Crippen molar-refractivity contribution in [3.8, 4) is 0 Å². The molecule has 42 valence electrons. The van der Waals surface area contributed by atoms with Gasteiger partial charge < -0.3 is 0 Å². The minimum atomic E-state index is -8.60. The van der Waals surface area contributed by atoms with E-state index in [0.29, 0.717) is 0 Å². The molecule has 0 amide bonds. The Bertz CT molecular complexity index is 386. The van der Waals surface area contributed by atoms with Gasteiger partial charge in [0.25, 0.3) is 0 Å². The third kappa shape index (κ3) is 1190. The van der Waals surface area contributed by atoms with Gasteiger partial charge in [0, 0.05) is 0 Å². The van der Waals surface area contributed by atoms with Crippen LogP contribution in [0.4, 0.5) is 0 Å². The van der Waals surface area contributed by atoms with Crippen LogP contribution in [0.1, 0.15) is 0 Å². The van der Waals surface area contributed by atoms with E-state index < -0.39 is 14.4 Å².